The van der Waals surface area contributed by atoms with Gasteiger partial charge in [-0.2, -0.15) is 0 Å². The van der Waals surface area contributed by atoms with Crippen molar-refractivity contribution in [3.8, 4) is 5.75 Å². The van der Waals surface area contributed by atoms with Crippen molar-refractivity contribution < 1.29 is 19.4 Å². The molecule has 0 saturated carbocycles. The summed E-state index contributed by atoms with van der Waals surface area (Å²) in [6.07, 6.45) is 0. The van der Waals surface area contributed by atoms with Crippen LogP contribution in [-0.2, 0) is 9.53 Å². The number of carbonyl (C=O) groups excluding carboxylic acids is 2. The highest BCUT2D eigenvalue weighted by Gasteiger charge is 2.12. The monoisotopic (exact) mass is 288 g/mol. The van der Waals surface area contributed by atoms with Gasteiger partial charge in [0.25, 0.3) is 0 Å². The number of ether oxygens (including phenoxy) is 1. The zero-order valence-electron chi connectivity index (χ0n) is 11.0. The standard InChI is InChI=1S/C12H16N2O4.ClH/c1-14(2)7-11(16)13-8-4-5-9(10(15)6-8)12(17)18-3;/h4-6,15H,7H2,1-3H3,(H,13,16);1H. The lowest BCUT2D eigenvalue weighted by Crippen LogP contribution is -2.27. The van der Waals surface area contributed by atoms with Crippen LogP contribution >= 0.6 is 12.4 Å². The van der Waals surface area contributed by atoms with Crippen LogP contribution in [-0.4, -0.2) is 49.6 Å². The summed E-state index contributed by atoms with van der Waals surface area (Å²) < 4.78 is 4.50. The number of benzene rings is 1. The van der Waals surface area contributed by atoms with Gasteiger partial charge < -0.3 is 20.1 Å². The molecule has 0 fully saturated rings. The minimum absolute atomic E-state index is 0. The summed E-state index contributed by atoms with van der Waals surface area (Å²) in [7, 11) is 4.78. The third kappa shape index (κ3) is 5.15. The van der Waals surface area contributed by atoms with Gasteiger partial charge in [-0.05, 0) is 26.2 Å². The van der Waals surface area contributed by atoms with E-state index in [9.17, 15) is 14.7 Å². The SMILES string of the molecule is COC(=O)c1ccc(NC(=O)CN(C)C)cc1O.Cl. The van der Waals surface area contributed by atoms with Gasteiger partial charge in [0, 0.05) is 11.8 Å². The Kier molecular flexibility index (Phi) is 6.89. The zero-order chi connectivity index (χ0) is 13.7. The Bertz CT molecular complexity index is 463. The number of aromatic hydroxyl groups is 1. The van der Waals surface area contributed by atoms with Crippen LogP contribution in [0.3, 0.4) is 0 Å². The average molecular weight is 289 g/mol. The Hall–Kier alpha value is -1.79. The van der Waals surface area contributed by atoms with Gasteiger partial charge in [0.2, 0.25) is 5.91 Å². The molecule has 1 aromatic carbocycles. The Morgan fingerprint density at radius 1 is 1.37 bits per heavy atom. The number of methoxy groups -OCH3 is 1. The zero-order valence-corrected chi connectivity index (χ0v) is 11.8. The summed E-state index contributed by atoms with van der Waals surface area (Å²) in [6.45, 7) is 0.236. The Labute approximate surface area is 117 Å². The molecule has 0 aliphatic rings. The predicted octanol–water partition coefficient (Wildman–Crippen LogP) is 1.10. The summed E-state index contributed by atoms with van der Waals surface area (Å²) in [6, 6.07) is 4.23. The number of phenols is 1. The number of halogens is 1. The maximum atomic E-state index is 11.5. The fraction of sp³-hybridized carbons (Fsp3) is 0.333. The van der Waals surface area contributed by atoms with E-state index < -0.39 is 5.97 Å². The number of carbonyl (C=O) groups is 2. The molecule has 0 aliphatic heterocycles. The molecule has 0 heterocycles. The summed E-state index contributed by atoms with van der Waals surface area (Å²) in [5, 5.41) is 12.2. The number of phenolic OH excluding ortho intramolecular Hbond substituents is 1. The highest BCUT2D eigenvalue weighted by molar-refractivity contribution is 5.95. The summed E-state index contributed by atoms with van der Waals surface area (Å²) in [5.74, 6) is -1.06. The quantitative estimate of drug-likeness (QED) is 0.811. The second-order valence-corrected chi connectivity index (χ2v) is 4.01. The topological polar surface area (TPSA) is 78.9 Å². The molecule has 1 amide bonds. The van der Waals surface area contributed by atoms with Gasteiger partial charge in [-0.1, -0.05) is 0 Å². The van der Waals surface area contributed by atoms with E-state index in [0.717, 1.165) is 0 Å². The number of hydrogen-bond acceptors (Lipinski definition) is 5. The molecule has 0 aromatic heterocycles. The molecule has 0 aliphatic carbocycles. The molecule has 0 unspecified atom stereocenters. The van der Waals surface area contributed by atoms with Gasteiger partial charge in [-0.15, -0.1) is 12.4 Å². The third-order valence-electron chi connectivity index (χ3n) is 2.15. The van der Waals surface area contributed by atoms with Crippen LogP contribution in [0.1, 0.15) is 10.4 Å². The molecule has 0 bridgehead atoms. The molecular weight excluding hydrogens is 272 g/mol. The molecule has 1 rings (SSSR count). The van der Waals surface area contributed by atoms with E-state index >= 15 is 0 Å². The first kappa shape index (κ1) is 17.2. The first-order valence-corrected chi connectivity index (χ1v) is 5.30. The molecule has 2 N–H and O–H groups in total. The molecule has 0 radical (unpaired) electrons. The lowest BCUT2D eigenvalue weighted by atomic mass is 10.2. The fourth-order valence-corrected chi connectivity index (χ4v) is 1.38. The molecule has 1 aromatic rings. The Balaban J connectivity index is 0.00000324. The van der Waals surface area contributed by atoms with E-state index in [-0.39, 0.29) is 36.2 Å². The fourth-order valence-electron chi connectivity index (χ4n) is 1.38. The molecule has 0 spiro atoms. The van der Waals surface area contributed by atoms with Crippen LogP contribution < -0.4 is 5.32 Å². The molecule has 0 saturated heterocycles. The number of hydrogen-bond donors (Lipinski definition) is 2. The minimum Gasteiger partial charge on any atom is -0.507 e. The highest BCUT2D eigenvalue weighted by Crippen LogP contribution is 2.22. The number of nitrogens with zero attached hydrogens (tertiary/aromatic N) is 1. The third-order valence-corrected chi connectivity index (χ3v) is 2.15. The van der Waals surface area contributed by atoms with Crippen molar-refractivity contribution in [1.82, 2.24) is 4.90 Å². The van der Waals surface area contributed by atoms with Crippen molar-refractivity contribution in [2.75, 3.05) is 33.1 Å². The lowest BCUT2D eigenvalue weighted by molar-refractivity contribution is -0.116. The minimum atomic E-state index is -0.626. The summed E-state index contributed by atoms with van der Waals surface area (Å²) >= 11 is 0. The van der Waals surface area contributed by atoms with Crippen LogP contribution in [0.2, 0.25) is 0 Å². The smallest absolute Gasteiger partial charge is 0.341 e. The van der Waals surface area contributed by atoms with Gasteiger partial charge in [-0.3, -0.25) is 4.79 Å². The van der Waals surface area contributed by atoms with E-state index in [4.69, 9.17) is 0 Å². The normalized spacial score (nSPS) is 9.68. The van der Waals surface area contributed by atoms with Gasteiger partial charge in [0.15, 0.2) is 0 Å². The highest BCUT2D eigenvalue weighted by atomic mass is 35.5. The number of amides is 1. The number of esters is 1. The summed E-state index contributed by atoms with van der Waals surface area (Å²) in [5.41, 5.74) is 0.482. The molecular formula is C12H17ClN2O4. The molecule has 0 atom stereocenters. The Morgan fingerprint density at radius 3 is 2.47 bits per heavy atom. The number of rotatable bonds is 4. The number of anilines is 1. The van der Waals surface area contributed by atoms with Crippen LogP contribution in [0.5, 0.6) is 5.75 Å². The van der Waals surface area contributed by atoms with Gasteiger partial charge in [-0.25, -0.2) is 4.79 Å². The second kappa shape index (κ2) is 7.60. The number of likely N-dealkylation sites (N-methyl/N-ethyl adjacent to an activating group) is 1. The van der Waals surface area contributed by atoms with Crippen molar-refractivity contribution in [2.45, 2.75) is 0 Å². The van der Waals surface area contributed by atoms with E-state index in [0.29, 0.717) is 5.69 Å². The molecule has 106 valence electrons. The molecule has 6 nitrogen and oxygen atoms in total. The van der Waals surface area contributed by atoms with Crippen molar-refractivity contribution >= 4 is 30.0 Å². The maximum Gasteiger partial charge on any atom is 0.341 e. The second-order valence-electron chi connectivity index (χ2n) is 4.01. The van der Waals surface area contributed by atoms with Crippen LogP contribution in [0.15, 0.2) is 18.2 Å². The van der Waals surface area contributed by atoms with Crippen molar-refractivity contribution in [3.63, 3.8) is 0 Å². The first-order chi connectivity index (χ1) is 8.43. The van der Waals surface area contributed by atoms with Crippen LogP contribution in [0, 0.1) is 0 Å². The predicted molar refractivity (Wildman–Crippen MR) is 73.9 cm³/mol. The summed E-state index contributed by atoms with van der Waals surface area (Å²) in [4.78, 5) is 24.4. The van der Waals surface area contributed by atoms with E-state index in [1.54, 1.807) is 19.0 Å². The van der Waals surface area contributed by atoms with Crippen molar-refractivity contribution in [2.24, 2.45) is 0 Å². The molecule has 19 heavy (non-hydrogen) atoms. The van der Waals surface area contributed by atoms with Crippen LogP contribution in [0.4, 0.5) is 5.69 Å². The van der Waals surface area contributed by atoms with E-state index in [2.05, 4.69) is 10.1 Å². The average Bonchev–Trinajstić information content (AvgIpc) is 2.27. The van der Waals surface area contributed by atoms with E-state index in [1.807, 2.05) is 0 Å². The van der Waals surface area contributed by atoms with Crippen molar-refractivity contribution in [1.29, 1.82) is 0 Å². The Morgan fingerprint density at radius 2 is 2.00 bits per heavy atom. The largest absolute Gasteiger partial charge is 0.507 e. The van der Waals surface area contributed by atoms with Crippen molar-refractivity contribution in [3.05, 3.63) is 23.8 Å². The van der Waals surface area contributed by atoms with E-state index in [1.165, 1.54) is 25.3 Å². The lowest BCUT2D eigenvalue weighted by Gasteiger charge is -2.11. The van der Waals surface area contributed by atoms with Gasteiger partial charge in [0.1, 0.15) is 11.3 Å². The molecule has 7 heteroatoms. The number of nitrogens with one attached hydrogen (secondary N) is 1. The van der Waals surface area contributed by atoms with Crippen LogP contribution in [0.25, 0.3) is 0 Å². The first-order valence-electron chi connectivity index (χ1n) is 5.30. The van der Waals surface area contributed by atoms with Gasteiger partial charge >= 0.3 is 5.97 Å². The van der Waals surface area contributed by atoms with Gasteiger partial charge in [0.05, 0.1) is 13.7 Å². The maximum absolute atomic E-state index is 11.5.